The Hall–Kier alpha value is -2.69. The molecule has 0 saturated heterocycles. The first-order valence-corrected chi connectivity index (χ1v) is 5.55. The van der Waals surface area contributed by atoms with Crippen molar-refractivity contribution in [3.63, 3.8) is 0 Å². The van der Waals surface area contributed by atoms with Crippen LogP contribution >= 0.6 is 0 Å². The molecule has 2 aromatic rings. The van der Waals surface area contributed by atoms with Crippen LogP contribution < -0.4 is 5.43 Å². The van der Waals surface area contributed by atoms with Crippen molar-refractivity contribution in [3.8, 4) is 0 Å². The molecule has 1 aromatic heterocycles. The number of furan rings is 1. The lowest BCUT2D eigenvalue weighted by Gasteiger charge is -1.98. The smallest absolute Gasteiger partial charge is 0.271 e. The number of allylic oxidation sites excluding steroid dienone is 1. The Morgan fingerprint density at radius 3 is 2.74 bits per heavy atom. The second-order valence-electron chi connectivity index (χ2n) is 3.60. The number of hydrazone groups is 1. The van der Waals surface area contributed by atoms with Gasteiger partial charge in [-0.1, -0.05) is 0 Å². The summed E-state index contributed by atoms with van der Waals surface area (Å²) in [5, 5.41) is 3.72. The van der Waals surface area contributed by atoms with Crippen LogP contribution in [-0.2, 0) is 0 Å². The van der Waals surface area contributed by atoms with Crippen LogP contribution in [0.3, 0.4) is 0 Å². The van der Waals surface area contributed by atoms with Crippen molar-refractivity contribution in [2.24, 2.45) is 5.10 Å². The number of halogens is 1. The Labute approximate surface area is 109 Å². The van der Waals surface area contributed by atoms with E-state index in [9.17, 15) is 9.18 Å². The summed E-state index contributed by atoms with van der Waals surface area (Å²) in [6, 6.07) is 8.77. The summed E-state index contributed by atoms with van der Waals surface area (Å²) in [4.78, 5) is 11.6. The number of benzene rings is 1. The van der Waals surface area contributed by atoms with E-state index in [1.165, 1.54) is 30.5 Å². The summed E-state index contributed by atoms with van der Waals surface area (Å²) in [6.07, 6.45) is 6.31. The molecule has 2 rings (SSSR count). The van der Waals surface area contributed by atoms with Gasteiger partial charge in [-0.25, -0.2) is 9.82 Å². The maximum absolute atomic E-state index is 12.7. The van der Waals surface area contributed by atoms with Gasteiger partial charge in [-0.15, -0.1) is 0 Å². The maximum Gasteiger partial charge on any atom is 0.271 e. The van der Waals surface area contributed by atoms with E-state index in [2.05, 4.69) is 10.5 Å². The summed E-state index contributed by atoms with van der Waals surface area (Å²) >= 11 is 0. The Kier molecular flexibility index (Phi) is 4.23. The fourth-order valence-corrected chi connectivity index (χ4v) is 1.33. The Morgan fingerprint density at radius 2 is 2.05 bits per heavy atom. The van der Waals surface area contributed by atoms with Crippen molar-refractivity contribution in [3.05, 3.63) is 65.9 Å². The van der Waals surface area contributed by atoms with Crippen LogP contribution in [0.4, 0.5) is 4.39 Å². The summed E-state index contributed by atoms with van der Waals surface area (Å²) in [5.74, 6) is -0.0969. The van der Waals surface area contributed by atoms with Gasteiger partial charge in [-0.3, -0.25) is 4.79 Å². The average molecular weight is 258 g/mol. The van der Waals surface area contributed by atoms with Crippen LogP contribution in [0.2, 0.25) is 0 Å². The molecule has 0 saturated carbocycles. The predicted molar refractivity (Wildman–Crippen MR) is 70.1 cm³/mol. The van der Waals surface area contributed by atoms with Crippen LogP contribution in [0.25, 0.3) is 6.08 Å². The van der Waals surface area contributed by atoms with E-state index in [1.807, 2.05) is 0 Å². The van der Waals surface area contributed by atoms with Gasteiger partial charge in [-0.05, 0) is 48.6 Å². The fraction of sp³-hybridized carbons (Fsp3) is 0. The highest BCUT2D eigenvalue weighted by Crippen LogP contribution is 2.02. The number of rotatable bonds is 4. The molecule has 0 aliphatic carbocycles. The summed E-state index contributed by atoms with van der Waals surface area (Å²) in [5.41, 5.74) is 2.67. The number of nitrogens with zero attached hydrogens (tertiary/aromatic N) is 1. The number of carbonyl (C=O) groups excluding carboxylic acids is 1. The standard InChI is InChI=1S/C14H11FN2O2/c15-12-7-5-11(6-8-12)14(18)17-16-9-1-3-13-4-2-10-19-13/h1-10H,(H,17,18)/b3-1+,16-9-. The summed E-state index contributed by atoms with van der Waals surface area (Å²) < 4.78 is 17.7. The van der Waals surface area contributed by atoms with Gasteiger partial charge < -0.3 is 4.42 Å². The molecule has 0 radical (unpaired) electrons. The minimum atomic E-state index is -0.400. The van der Waals surface area contributed by atoms with E-state index in [1.54, 1.807) is 30.5 Å². The van der Waals surface area contributed by atoms with Gasteiger partial charge in [-0.2, -0.15) is 5.10 Å². The van der Waals surface area contributed by atoms with Crippen LogP contribution in [0.5, 0.6) is 0 Å². The van der Waals surface area contributed by atoms with Crippen molar-refractivity contribution in [2.75, 3.05) is 0 Å². The van der Waals surface area contributed by atoms with Crippen LogP contribution in [-0.4, -0.2) is 12.1 Å². The molecule has 1 amide bonds. The first-order valence-electron chi connectivity index (χ1n) is 5.55. The van der Waals surface area contributed by atoms with Crippen molar-refractivity contribution in [1.82, 2.24) is 5.43 Å². The zero-order valence-electron chi connectivity index (χ0n) is 9.92. The first kappa shape index (κ1) is 12.8. The molecule has 0 bridgehead atoms. The van der Waals surface area contributed by atoms with Crippen LogP contribution in [0.15, 0.2) is 58.3 Å². The van der Waals surface area contributed by atoms with E-state index in [-0.39, 0.29) is 5.82 Å². The summed E-state index contributed by atoms with van der Waals surface area (Å²) in [6.45, 7) is 0. The highest BCUT2D eigenvalue weighted by Gasteiger charge is 2.02. The van der Waals surface area contributed by atoms with Crippen molar-refractivity contribution >= 4 is 18.2 Å². The van der Waals surface area contributed by atoms with E-state index < -0.39 is 5.91 Å². The lowest BCUT2D eigenvalue weighted by Crippen LogP contribution is -2.17. The lowest BCUT2D eigenvalue weighted by molar-refractivity contribution is 0.0955. The minimum Gasteiger partial charge on any atom is -0.465 e. The largest absolute Gasteiger partial charge is 0.465 e. The SMILES string of the molecule is O=C(N/N=C\C=C\c1ccco1)c1ccc(F)cc1. The third-order valence-electron chi connectivity index (χ3n) is 2.24. The van der Waals surface area contributed by atoms with Gasteiger partial charge >= 0.3 is 0 Å². The molecule has 0 fully saturated rings. The molecule has 0 spiro atoms. The summed E-state index contributed by atoms with van der Waals surface area (Å²) in [7, 11) is 0. The van der Waals surface area contributed by atoms with Crippen molar-refractivity contribution < 1.29 is 13.6 Å². The minimum absolute atomic E-state index is 0.341. The lowest BCUT2D eigenvalue weighted by atomic mass is 10.2. The first-order chi connectivity index (χ1) is 9.25. The molecular formula is C14H11FN2O2. The average Bonchev–Trinajstić information content (AvgIpc) is 2.92. The maximum atomic E-state index is 12.7. The second kappa shape index (κ2) is 6.30. The Bertz CT molecular complexity index is 586. The molecule has 0 atom stereocenters. The topological polar surface area (TPSA) is 54.6 Å². The molecule has 19 heavy (non-hydrogen) atoms. The fourth-order valence-electron chi connectivity index (χ4n) is 1.33. The number of hydrogen-bond acceptors (Lipinski definition) is 3. The van der Waals surface area contributed by atoms with Crippen molar-refractivity contribution in [1.29, 1.82) is 0 Å². The third-order valence-corrected chi connectivity index (χ3v) is 2.24. The van der Waals surface area contributed by atoms with Crippen LogP contribution in [0, 0.1) is 5.82 Å². The highest BCUT2D eigenvalue weighted by molar-refractivity contribution is 5.94. The number of hydrogen-bond donors (Lipinski definition) is 1. The Balaban J connectivity index is 1.85. The molecule has 1 heterocycles. The Morgan fingerprint density at radius 1 is 1.26 bits per heavy atom. The molecule has 1 aromatic carbocycles. The molecule has 0 aliphatic heterocycles. The van der Waals surface area contributed by atoms with Gasteiger partial charge in [0.1, 0.15) is 11.6 Å². The molecule has 0 unspecified atom stereocenters. The van der Waals surface area contributed by atoms with Gasteiger partial charge in [0.05, 0.1) is 6.26 Å². The van der Waals surface area contributed by atoms with E-state index in [0.29, 0.717) is 11.3 Å². The van der Waals surface area contributed by atoms with E-state index in [0.717, 1.165) is 0 Å². The molecule has 96 valence electrons. The zero-order chi connectivity index (χ0) is 13.5. The molecule has 0 aliphatic rings. The molecule has 1 N–H and O–H groups in total. The van der Waals surface area contributed by atoms with E-state index in [4.69, 9.17) is 4.42 Å². The monoisotopic (exact) mass is 258 g/mol. The normalized spacial score (nSPS) is 11.2. The molecule has 4 nitrogen and oxygen atoms in total. The number of nitrogens with one attached hydrogen (secondary N) is 1. The molecular weight excluding hydrogens is 247 g/mol. The predicted octanol–water partition coefficient (Wildman–Crippen LogP) is 2.85. The highest BCUT2D eigenvalue weighted by atomic mass is 19.1. The number of amides is 1. The van der Waals surface area contributed by atoms with Gasteiger partial charge in [0, 0.05) is 11.8 Å². The van der Waals surface area contributed by atoms with Crippen LogP contribution in [0.1, 0.15) is 16.1 Å². The van der Waals surface area contributed by atoms with Crippen molar-refractivity contribution in [2.45, 2.75) is 0 Å². The second-order valence-corrected chi connectivity index (χ2v) is 3.60. The third kappa shape index (κ3) is 3.92. The van der Waals surface area contributed by atoms with Gasteiger partial charge in [0.15, 0.2) is 0 Å². The van der Waals surface area contributed by atoms with Gasteiger partial charge in [0.25, 0.3) is 5.91 Å². The van der Waals surface area contributed by atoms with Gasteiger partial charge in [0.2, 0.25) is 0 Å². The zero-order valence-corrected chi connectivity index (χ0v) is 9.92. The number of carbonyl (C=O) groups is 1. The quantitative estimate of drug-likeness (QED) is 0.677. The molecule has 5 heteroatoms. The van der Waals surface area contributed by atoms with E-state index >= 15 is 0 Å².